The Hall–Kier alpha value is -3.03. The van der Waals surface area contributed by atoms with Crippen LogP contribution < -0.4 is 10.4 Å². The molecule has 0 aromatic heterocycles. The third-order valence-corrected chi connectivity index (χ3v) is 15.5. The van der Waals surface area contributed by atoms with Crippen molar-refractivity contribution in [3.63, 3.8) is 0 Å². The number of ether oxygens (including phenoxy) is 1. The van der Waals surface area contributed by atoms with E-state index in [-0.39, 0.29) is 41.1 Å². The molecule has 0 radical (unpaired) electrons. The van der Waals surface area contributed by atoms with Crippen molar-refractivity contribution in [2.24, 2.45) is 23.2 Å². The lowest BCUT2D eigenvalue weighted by atomic mass is 9.72. The van der Waals surface area contributed by atoms with Crippen LogP contribution in [0.25, 0.3) is 0 Å². The largest absolute Gasteiger partial charge is 0.469 e. The quantitative estimate of drug-likeness (QED) is 0.246. The van der Waals surface area contributed by atoms with Crippen LogP contribution in [0.2, 0.25) is 5.04 Å². The molecule has 1 heterocycles. The summed E-state index contributed by atoms with van der Waals surface area (Å²) in [5.41, 5.74) is -0.822. The number of esters is 1. The average Bonchev–Trinajstić information content (AvgIpc) is 3.73. The van der Waals surface area contributed by atoms with Crippen LogP contribution in [0.15, 0.2) is 72.8 Å². The molecule has 2 aromatic rings. The van der Waals surface area contributed by atoms with Crippen LogP contribution >= 0.6 is 0 Å². The van der Waals surface area contributed by atoms with Crippen LogP contribution in [0.4, 0.5) is 0 Å². The number of carbonyl (C=O) groups excluding carboxylic acids is 3. The van der Waals surface area contributed by atoms with Crippen LogP contribution in [0.1, 0.15) is 72.1 Å². The fourth-order valence-corrected chi connectivity index (χ4v) is 12.6. The lowest BCUT2D eigenvalue weighted by Crippen LogP contribution is -2.68. The zero-order valence-electron chi connectivity index (χ0n) is 27.1. The van der Waals surface area contributed by atoms with Gasteiger partial charge in [0.15, 0.2) is 0 Å². The third kappa shape index (κ3) is 6.23. The van der Waals surface area contributed by atoms with Crippen LogP contribution in [-0.4, -0.2) is 57.7 Å². The van der Waals surface area contributed by atoms with Gasteiger partial charge in [0, 0.05) is 38.0 Å². The van der Waals surface area contributed by atoms with Gasteiger partial charge in [-0.3, -0.25) is 14.4 Å². The van der Waals surface area contributed by atoms with Crippen molar-refractivity contribution in [3.05, 3.63) is 72.8 Å². The van der Waals surface area contributed by atoms with E-state index in [9.17, 15) is 14.4 Å². The number of hydrogen-bond donors (Lipinski definition) is 0. The van der Waals surface area contributed by atoms with Gasteiger partial charge in [-0.1, -0.05) is 93.6 Å². The molecule has 44 heavy (non-hydrogen) atoms. The summed E-state index contributed by atoms with van der Waals surface area (Å²) < 4.78 is 12.7. The van der Waals surface area contributed by atoms with Crippen LogP contribution in [0.3, 0.4) is 0 Å². The summed E-state index contributed by atoms with van der Waals surface area (Å²) in [7, 11) is 0.422. The monoisotopic (exact) mass is 615 g/mol. The van der Waals surface area contributed by atoms with Crippen molar-refractivity contribution < 1.29 is 23.5 Å². The first-order chi connectivity index (χ1) is 21.0. The van der Waals surface area contributed by atoms with Gasteiger partial charge < -0.3 is 14.1 Å². The van der Waals surface area contributed by atoms with Crippen molar-refractivity contribution in [3.8, 4) is 0 Å². The highest BCUT2D eigenvalue weighted by Gasteiger charge is 2.61. The molecule has 3 aliphatic rings. The Morgan fingerprint density at radius 1 is 0.932 bits per heavy atom. The maximum atomic E-state index is 14.3. The van der Waals surface area contributed by atoms with Crippen molar-refractivity contribution in [1.82, 2.24) is 4.90 Å². The summed E-state index contributed by atoms with van der Waals surface area (Å²) in [5, 5.41) is 2.20. The van der Waals surface area contributed by atoms with E-state index in [1.165, 1.54) is 17.5 Å². The molecular weight excluding hydrogens is 566 g/mol. The first-order valence-electron chi connectivity index (χ1n) is 16.3. The Kier molecular flexibility index (Phi) is 9.66. The molecule has 5 atom stereocenters. The first-order valence-corrected chi connectivity index (χ1v) is 18.3. The van der Waals surface area contributed by atoms with Crippen LogP contribution in [0.5, 0.6) is 0 Å². The second-order valence-corrected chi connectivity index (χ2v) is 18.5. The smallest absolute Gasteiger partial charge is 0.312 e. The molecule has 7 heteroatoms. The van der Waals surface area contributed by atoms with E-state index in [1.54, 1.807) is 0 Å². The molecule has 5 rings (SSSR count). The molecule has 6 nitrogen and oxygen atoms in total. The number of allylic oxidation sites excluding steroid dienone is 2. The van der Waals surface area contributed by atoms with Gasteiger partial charge in [0.25, 0.3) is 8.32 Å². The zero-order valence-corrected chi connectivity index (χ0v) is 28.1. The predicted octanol–water partition coefficient (Wildman–Crippen LogP) is 5.68. The van der Waals surface area contributed by atoms with Gasteiger partial charge in [0.2, 0.25) is 5.91 Å². The summed E-state index contributed by atoms with van der Waals surface area (Å²) in [5.74, 6) is -1.19. The highest BCUT2D eigenvalue weighted by atomic mass is 28.4. The number of Topliss-reactive ketones (excluding diaryl/α,β-unsaturated/α-hetero) is 1. The van der Waals surface area contributed by atoms with E-state index < -0.39 is 25.6 Å². The third-order valence-electron chi connectivity index (χ3n) is 10.4. The van der Waals surface area contributed by atoms with Crippen molar-refractivity contribution in [2.45, 2.75) is 83.3 Å². The SMILES string of the molecule is COC(=O)[C@]12CC(=O)[C@@H]3C[C@H](O[Si](c4ccccc4)(c4ccccc4)C(C)(C)C)CC[C@H]3C(=O)N(C)CCCC/C=C\[C@H]1C2. The summed E-state index contributed by atoms with van der Waals surface area (Å²) in [4.78, 5) is 43.1. The minimum absolute atomic E-state index is 0.00594. The molecular formula is C37H49NO5Si. The standard InChI is InChI=1S/C37H49NO5Si/c1-36(2,3)44(29-17-11-8-12-18-29,30-19-13-9-14-20-30)43-28-21-22-31-32(24-28)33(39)26-37(35(41)42-5)25-27(37)16-10-6-7-15-23-38(4)34(31)40/h8-14,16-20,27-28,31-32H,6-7,15,21-26H2,1-5H3/b16-10-/t27-,28+,31+,32+,37+/m0/s1. The Morgan fingerprint density at radius 2 is 1.57 bits per heavy atom. The molecule has 0 saturated heterocycles. The number of rotatable bonds is 5. The Morgan fingerprint density at radius 3 is 2.16 bits per heavy atom. The lowest BCUT2D eigenvalue weighted by Gasteiger charge is -2.47. The maximum absolute atomic E-state index is 14.3. The van der Waals surface area contributed by atoms with Gasteiger partial charge >= 0.3 is 5.97 Å². The molecule has 0 bridgehead atoms. The number of benzene rings is 2. The topological polar surface area (TPSA) is 72.9 Å². The van der Waals surface area contributed by atoms with Crippen molar-refractivity contribution >= 4 is 36.4 Å². The number of hydrogen-bond acceptors (Lipinski definition) is 5. The summed E-state index contributed by atoms with van der Waals surface area (Å²) in [6.45, 7) is 7.46. The van der Waals surface area contributed by atoms with Gasteiger partial charge in [-0.25, -0.2) is 0 Å². The van der Waals surface area contributed by atoms with Gasteiger partial charge in [-0.2, -0.15) is 0 Å². The van der Waals surface area contributed by atoms with E-state index in [0.717, 1.165) is 19.3 Å². The Balaban J connectivity index is 1.51. The average molecular weight is 616 g/mol. The van der Waals surface area contributed by atoms with Gasteiger partial charge in [-0.15, -0.1) is 0 Å². The van der Waals surface area contributed by atoms with E-state index in [1.807, 2.05) is 24.1 Å². The van der Waals surface area contributed by atoms with E-state index in [0.29, 0.717) is 32.2 Å². The normalized spacial score (nSPS) is 29.2. The molecule has 0 spiro atoms. The van der Waals surface area contributed by atoms with Gasteiger partial charge in [-0.05, 0) is 66.3 Å². The maximum Gasteiger partial charge on any atom is 0.312 e. The zero-order chi connectivity index (χ0) is 31.5. The van der Waals surface area contributed by atoms with E-state index in [4.69, 9.17) is 9.16 Å². The molecule has 1 aliphatic heterocycles. The summed E-state index contributed by atoms with van der Waals surface area (Å²) in [6.07, 6.45) is 9.35. The van der Waals surface area contributed by atoms with E-state index in [2.05, 4.69) is 81.5 Å². The summed E-state index contributed by atoms with van der Waals surface area (Å²) in [6, 6.07) is 21.1. The molecule has 2 fully saturated rings. The highest BCUT2D eigenvalue weighted by Crippen LogP contribution is 2.58. The first kappa shape index (κ1) is 32.4. The van der Waals surface area contributed by atoms with Crippen LogP contribution in [0, 0.1) is 23.2 Å². The number of ketones is 1. The number of methoxy groups -OCH3 is 1. The molecule has 2 aliphatic carbocycles. The molecule has 1 amide bonds. The Labute approximate surface area is 264 Å². The number of carbonyl (C=O) groups is 3. The fraction of sp³-hybridized carbons (Fsp3) is 0.541. The molecule has 2 saturated carbocycles. The highest BCUT2D eigenvalue weighted by molar-refractivity contribution is 6.99. The minimum atomic E-state index is -2.85. The van der Waals surface area contributed by atoms with Gasteiger partial charge in [0.05, 0.1) is 12.5 Å². The molecule has 0 unspecified atom stereocenters. The lowest BCUT2D eigenvalue weighted by molar-refractivity contribution is -0.151. The summed E-state index contributed by atoms with van der Waals surface area (Å²) >= 11 is 0. The fourth-order valence-electron chi connectivity index (χ4n) is 7.84. The predicted molar refractivity (Wildman–Crippen MR) is 176 cm³/mol. The van der Waals surface area contributed by atoms with Crippen molar-refractivity contribution in [1.29, 1.82) is 0 Å². The second-order valence-electron chi connectivity index (χ2n) is 14.2. The van der Waals surface area contributed by atoms with Crippen molar-refractivity contribution in [2.75, 3.05) is 20.7 Å². The van der Waals surface area contributed by atoms with Crippen LogP contribution in [-0.2, 0) is 23.5 Å². The van der Waals surface area contributed by atoms with E-state index >= 15 is 0 Å². The number of fused-ring (bicyclic) bond motifs is 2. The molecule has 236 valence electrons. The second kappa shape index (κ2) is 13.1. The number of nitrogens with zero attached hydrogens (tertiary/aromatic N) is 1. The Bertz CT molecular complexity index is 1310. The molecule has 2 aromatic carbocycles. The molecule has 0 N–H and O–H groups in total. The minimum Gasteiger partial charge on any atom is -0.469 e. The number of amides is 1. The van der Waals surface area contributed by atoms with Gasteiger partial charge in [0.1, 0.15) is 5.78 Å².